The molecule has 0 heterocycles. The molecule has 0 aliphatic carbocycles. The maximum atomic E-state index is 12.2. The molecular weight excluding hydrogens is 672 g/mol. The van der Waals surface area contributed by atoms with Crippen LogP contribution in [0.5, 0.6) is 5.75 Å². The maximum absolute atomic E-state index is 12.2. The fraction of sp³-hybridized carbons (Fsp3) is 0.0476. The van der Waals surface area contributed by atoms with Gasteiger partial charge in [-0.1, -0.05) is 53.0 Å². The zero-order valence-corrected chi connectivity index (χ0v) is 21.7. The summed E-state index contributed by atoms with van der Waals surface area (Å²) < 4.78 is 7.78. The number of rotatable bonds is 6. The van der Waals surface area contributed by atoms with Crippen molar-refractivity contribution in [2.75, 3.05) is 0 Å². The van der Waals surface area contributed by atoms with E-state index in [4.69, 9.17) is 39.5 Å². The molecule has 0 unspecified atom stereocenters. The highest BCUT2D eigenvalue weighted by molar-refractivity contribution is 14.1. The molecule has 0 spiro atoms. The predicted molar refractivity (Wildman–Crippen MR) is 139 cm³/mol. The number of hydrogen-bond acceptors (Lipinski definition) is 3. The summed E-state index contributed by atoms with van der Waals surface area (Å²) in [4.78, 5) is 12.2. The highest BCUT2D eigenvalue weighted by Gasteiger charge is 2.11. The molecule has 0 atom stereocenters. The van der Waals surface area contributed by atoms with Gasteiger partial charge in [0.15, 0.2) is 0 Å². The van der Waals surface area contributed by atoms with E-state index in [1.54, 1.807) is 42.6 Å². The summed E-state index contributed by atoms with van der Waals surface area (Å²) in [5.74, 6) is 0.375. The van der Waals surface area contributed by atoms with Crippen LogP contribution in [0.15, 0.2) is 59.7 Å². The average Bonchev–Trinajstić information content (AvgIpc) is 2.69. The van der Waals surface area contributed by atoms with Gasteiger partial charge >= 0.3 is 0 Å². The standard InChI is InChI=1S/C21H13Cl3I2N2O2/c22-14-6-5-13(17(24)9-14)11-30-20-18(25)7-12(8-19(20)26)10-27-28-21(29)15-3-1-2-4-16(15)23/h1-10H,11H2,(H,28,29)/b27-10-. The first-order valence-electron chi connectivity index (χ1n) is 8.49. The molecule has 4 nitrogen and oxygen atoms in total. The van der Waals surface area contributed by atoms with Gasteiger partial charge in [0.2, 0.25) is 0 Å². The Labute approximate surface area is 216 Å². The number of benzene rings is 3. The van der Waals surface area contributed by atoms with Crippen molar-refractivity contribution in [2.45, 2.75) is 6.61 Å². The second kappa shape index (κ2) is 11.0. The van der Waals surface area contributed by atoms with Crippen LogP contribution in [0.3, 0.4) is 0 Å². The van der Waals surface area contributed by atoms with Gasteiger partial charge in [-0.2, -0.15) is 5.10 Å². The fourth-order valence-electron chi connectivity index (χ4n) is 2.45. The van der Waals surface area contributed by atoms with Gasteiger partial charge in [-0.15, -0.1) is 0 Å². The molecule has 0 saturated heterocycles. The van der Waals surface area contributed by atoms with Gasteiger partial charge in [0, 0.05) is 15.6 Å². The van der Waals surface area contributed by atoms with E-state index < -0.39 is 0 Å². The molecule has 3 aromatic carbocycles. The Morgan fingerprint density at radius 3 is 2.37 bits per heavy atom. The van der Waals surface area contributed by atoms with Crippen LogP contribution in [0.1, 0.15) is 21.5 Å². The van der Waals surface area contributed by atoms with Crippen LogP contribution in [0.2, 0.25) is 15.1 Å². The van der Waals surface area contributed by atoms with E-state index in [2.05, 4.69) is 55.7 Å². The van der Waals surface area contributed by atoms with Gasteiger partial charge < -0.3 is 4.74 Å². The third-order valence-electron chi connectivity index (χ3n) is 3.91. The first-order chi connectivity index (χ1) is 14.3. The molecule has 0 fully saturated rings. The minimum absolute atomic E-state index is 0.323. The summed E-state index contributed by atoms with van der Waals surface area (Å²) in [6.07, 6.45) is 1.57. The topological polar surface area (TPSA) is 50.7 Å². The normalized spacial score (nSPS) is 11.0. The van der Waals surface area contributed by atoms with Gasteiger partial charge in [0.05, 0.1) is 23.9 Å². The molecule has 0 saturated carbocycles. The zero-order chi connectivity index (χ0) is 21.7. The van der Waals surface area contributed by atoms with E-state index in [1.807, 2.05) is 18.2 Å². The lowest BCUT2D eigenvalue weighted by Crippen LogP contribution is -2.18. The minimum atomic E-state index is -0.374. The smallest absolute Gasteiger partial charge is 0.272 e. The minimum Gasteiger partial charge on any atom is -0.487 e. The number of hydrogen-bond donors (Lipinski definition) is 1. The Morgan fingerprint density at radius 1 is 1.00 bits per heavy atom. The largest absolute Gasteiger partial charge is 0.487 e. The van der Waals surface area contributed by atoms with E-state index in [0.29, 0.717) is 27.2 Å². The van der Waals surface area contributed by atoms with Crippen LogP contribution in [-0.2, 0) is 6.61 Å². The number of carbonyl (C=O) groups is 1. The van der Waals surface area contributed by atoms with E-state index in [-0.39, 0.29) is 5.91 Å². The Kier molecular flexibility index (Phi) is 8.64. The van der Waals surface area contributed by atoms with E-state index in [9.17, 15) is 4.79 Å². The monoisotopic (exact) mass is 684 g/mol. The first-order valence-corrected chi connectivity index (χ1v) is 11.8. The molecule has 0 bridgehead atoms. The molecule has 9 heteroatoms. The van der Waals surface area contributed by atoms with Crippen molar-refractivity contribution < 1.29 is 9.53 Å². The van der Waals surface area contributed by atoms with Crippen LogP contribution >= 0.6 is 80.0 Å². The molecule has 0 aromatic heterocycles. The fourth-order valence-corrected chi connectivity index (χ4v) is 5.26. The lowest BCUT2D eigenvalue weighted by Gasteiger charge is -2.12. The highest BCUT2D eigenvalue weighted by atomic mass is 127. The molecule has 0 radical (unpaired) electrons. The van der Waals surface area contributed by atoms with Crippen LogP contribution in [0.4, 0.5) is 0 Å². The highest BCUT2D eigenvalue weighted by Crippen LogP contribution is 2.30. The third kappa shape index (κ3) is 6.23. The van der Waals surface area contributed by atoms with Crippen LogP contribution in [0.25, 0.3) is 0 Å². The number of nitrogens with zero attached hydrogens (tertiary/aromatic N) is 1. The molecule has 1 amide bonds. The van der Waals surface area contributed by atoms with Gasteiger partial charge in [0.25, 0.3) is 5.91 Å². The second-order valence-corrected chi connectivity index (χ2v) is 9.59. The van der Waals surface area contributed by atoms with Crippen molar-refractivity contribution in [1.29, 1.82) is 0 Å². The molecule has 0 aliphatic heterocycles. The predicted octanol–water partition coefficient (Wildman–Crippen LogP) is 7.20. The molecule has 0 aliphatic rings. The van der Waals surface area contributed by atoms with Crippen molar-refractivity contribution in [3.63, 3.8) is 0 Å². The van der Waals surface area contributed by atoms with Crippen molar-refractivity contribution in [3.8, 4) is 5.75 Å². The summed E-state index contributed by atoms with van der Waals surface area (Å²) >= 11 is 22.6. The maximum Gasteiger partial charge on any atom is 0.272 e. The summed E-state index contributed by atoms with van der Waals surface area (Å²) in [5, 5.41) is 5.54. The Bertz CT molecular complexity index is 1100. The van der Waals surface area contributed by atoms with Crippen LogP contribution < -0.4 is 10.2 Å². The van der Waals surface area contributed by atoms with Crippen LogP contribution in [0, 0.1) is 7.14 Å². The van der Waals surface area contributed by atoms with E-state index >= 15 is 0 Å². The lowest BCUT2D eigenvalue weighted by molar-refractivity contribution is 0.0955. The third-order valence-corrected chi connectivity index (χ3v) is 6.43. The summed E-state index contributed by atoms with van der Waals surface area (Å²) in [6.45, 7) is 0.323. The van der Waals surface area contributed by atoms with Crippen molar-refractivity contribution in [3.05, 3.63) is 93.5 Å². The molecule has 1 N–H and O–H groups in total. The Morgan fingerprint density at radius 2 is 1.70 bits per heavy atom. The zero-order valence-electron chi connectivity index (χ0n) is 15.1. The molecule has 154 valence electrons. The summed E-state index contributed by atoms with van der Waals surface area (Å²) in [6, 6.07) is 15.9. The van der Waals surface area contributed by atoms with Gasteiger partial charge in [-0.25, -0.2) is 5.43 Å². The van der Waals surface area contributed by atoms with Crippen molar-refractivity contribution in [1.82, 2.24) is 5.43 Å². The van der Waals surface area contributed by atoms with Crippen molar-refractivity contribution >= 4 is 92.1 Å². The SMILES string of the molecule is O=C(N/N=C\c1cc(I)c(OCc2ccc(Cl)cc2Cl)c(I)c1)c1ccccc1Cl. The number of halogens is 5. The molecule has 3 rings (SSSR count). The quantitative estimate of drug-likeness (QED) is 0.170. The van der Waals surface area contributed by atoms with E-state index in [0.717, 1.165) is 24.0 Å². The van der Waals surface area contributed by atoms with Gasteiger partial charge in [0.1, 0.15) is 12.4 Å². The Hall–Kier alpha value is -1.07. The van der Waals surface area contributed by atoms with E-state index in [1.165, 1.54) is 0 Å². The first kappa shape index (κ1) is 23.6. The number of nitrogens with one attached hydrogen (secondary N) is 1. The van der Waals surface area contributed by atoms with Gasteiger partial charge in [-0.3, -0.25) is 4.79 Å². The van der Waals surface area contributed by atoms with Crippen molar-refractivity contribution in [2.24, 2.45) is 5.10 Å². The number of amides is 1. The summed E-state index contributed by atoms with van der Waals surface area (Å²) in [5.41, 5.74) is 4.52. The lowest BCUT2D eigenvalue weighted by atomic mass is 10.2. The Balaban J connectivity index is 1.67. The van der Waals surface area contributed by atoms with Crippen LogP contribution in [-0.4, -0.2) is 12.1 Å². The number of ether oxygens (including phenoxy) is 1. The number of carbonyl (C=O) groups excluding carboxylic acids is 1. The number of hydrazone groups is 1. The summed E-state index contributed by atoms with van der Waals surface area (Å²) in [7, 11) is 0. The average molecular weight is 686 g/mol. The molecular formula is C21H13Cl3I2N2O2. The second-order valence-electron chi connectivity index (χ2n) is 6.02. The molecule has 30 heavy (non-hydrogen) atoms. The molecule has 3 aromatic rings. The van der Waals surface area contributed by atoms with Gasteiger partial charge in [-0.05, 0) is 87.1 Å².